The van der Waals surface area contributed by atoms with E-state index < -0.39 is 10.0 Å². The van der Waals surface area contributed by atoms with E-state index in [4.69, 9.17) is 0 Å². The van der Waals surface area contributed by atoms with Crippen LogP contribution in [0.1, 0.15) is 30.1 Å². The summed E-state index contributed by atoms with van der Waals surface area (Å²) in [6, 6.07) is 14.9. The highest BCUT2D eigenvalue weighted by molar-refractivity contribution is 7.92. The largest absolute Gasteiger partial charge is 0.339 e. The summed E-state index contributed by atoms with van der Waals surface area (Å²) in [5, 5.41) is 0. The second-order valence-corrected chi connectivity index (χ2v) is 8.17. The lowest BCUT2D eigenvalue weighted by Crippen LogP contribution is -2.36. The van der Waals surface area contributed by atoms with Crippen LogP contribution in [-0.2, 0) is 10.0 Å². The first-order valence-electron chi connectivity index (χ1n) is 8.33. The Balaban J connectivity index is 1.71. The van der Waals surface area contributed by atoms with Crippen molar-refractivity contribution in [1.29, 1.82) is 0 Å². The Labute approximate surface area is 148 Å². The van der Waals surface area contributed by atoms with Crippen LogP contribution in [-0.4, -0.2) is 32.3 Å². The molecule has 0 spiro atoms. The van der Waals surface area contributed by atoms with Gasteiger partial charge in [-0.1, -0.05) is 18.2 Å². The highest BCUT2D eigenvalue weighted by atomic mass is 32.2. The van der Waals surface area contributed by atoms with Crippen LogP contribution >= 0.6 is 0 Å². The zero-order chi connectivity index (χ0) is 18.0. The topological polar surface area (TPSA) is 66.5 Å². The molecule has 0 aromatic heterocycles. The molecule has 1 aliphatic rings. The molecule has 1 saturated carbocycles. The van der Waals surface area contributed by atoms with Gasteiger partial charge in [-0.2, -0.15) is 0 Å². The lowest BCUT2D eigenvalue weighted by molar-refractivity contribution is 0.0727. The first kappa shape index (κ1) is 17.5. The van der Waals surface area contributed by atoms with Gasteiger partial charge in [-0.3, -0.25) is 9.52 Å². The fourth-order valence-corrected chi connectivity index (χ4v) is 3.86. The maximum absolute atomic E-state index is 12.5. The molecule has 1 amide bonds. The molecule has 6 heteroatoms. The molecule has 0 radical (unpaired) electrons. The molecular weight excluding hydrogens is 336 g/mol. The number of nitrogens with one attached hydrogen (secondary N) is 1. The molecule has 5 nitrogen and oxygen atoms in total. The minimum absolute atomic E-state index is 0.0446. The fraction of sp³-hybridized carbons (Fsp3) is 0.316. The highest BCUT2D eigenvalue weighted by Gasteiger charge is 2.32. The third kappa shape index (κ3) is 4.02. The van der Waals surface area contributed by atoms with E-state index in [0.29, 0.717) is 17.2 Å². The van der Waals surface area contributed by atoms with Gasteiger partial charge in [-0.25, -0.2) is 8.42 Å². The smallest absolute Gasteiger partial charge is 0.261 e. The molecule has 3 rings (SSSR count). The molecule has 2 aromatic carbocycles. The van der Waals surface area contributed by atoms with E-state index in [1.165, 1.54) is 25.0 Å². The number of hydrogen-bond acceptors (Lipinski definition) is 3. The number of hydrogen-bond donors (Lipinski definition) is 1. The summed E-state index contributed by atoms with van der Waals surface area (Å²) in [7, 11) is -1.81. The molecule has 1 atom stereocenters. The monoisotopic (exact) mass is 358 g/mol. The zero-order valence-electron chi connectivity index (χ0n) is 14.3. The van der Waals surface area contributed by atoms with E-state index in [1.54, 1.807) is 47.4 Å². The maximum Gasteiger partial charge on any atom is 0.261 e. The molecule has 0 aliphatic heterocycles. The lowest BCUT2D eigenvalue weighted by atomic mass is 10.1. The van der Waals surface area contributed by atoms with Crippen LogP contribution in [0.4, 0.5) is 5.69 Å². The van der Waals surface area contributed by atoms with Gasteiger partial charge >= 0.3 is 0 Å². The van der Waals surface area contributed by atoms with Gasteiger partial charge in [0.15, 0.2) is 0 Å². The van der Waals surface area contributed by atoms with E-state index in [-0.39, 0.29) is 16.8 Å². The molecular formula is C19H22N2O3S. The van der Waals surface area contributed by atoms with Gasteiger partial charge in [0.05, 0.1) is 4.90 Å². The number of rotatable bonds is 6. The van der Waals surface area contributed by atoms with Crippen LogP contribution in [0, 0.1) is 5.92 Å². The number of benzene rings is 2. The van der Waals surface area contributed by atoms with Gasteiger partial charge in [0.2, 0.25) is 0 Å². The molecule has 25 heavy (non-hydrogen) atoms. The predicted molar refractivity (Wildman–Crippen MR) is 98.0 cm³/mol. The van der Waals surface area contributed by atoms with Crippen LogP contribution in [0.25, 0.3) is 0 Å². The first-order chi connectivity index (χ1) is 11.9. The molecule has 0 unspecified atom stereocenters. The van der Waals surface area contributed by atoms with Gasteiger partial charge in [-0.15, -0.1) is 0 Å². The average Bonchev–Trinajstić information content (AvgIpc) is 3.46. The Kier molecular flexibility index (Phi) is 4.81. The van der Waals surface area contributed by atoms with Crippen LogP contribution in [0.15, 0.2) is 59.5 Å². The minimum Gasteiger partial charge on any atom is -0.339 e. The van der Waals surface area contributed by atoms with Gasteiger partial charge in [-0.05, 0) is 62.1 Å². The van der Waals surface area contributed by atoms with Crippen LogP contribution in [0.5, 0.6) is 0 Å². The summed E-state index contributed by atoms with van der Waals surface area (Å²) < 4.78 is 27.2. The Morgan fingerprint density at radius 1 is 1.08 bits per heavy atom. The maximum atomic E-state index is 12.5. The fourth-order valence-electron chi connectivity index (χ4n) is 2.78. The lowest BCUT2D eigenvalue weighted by Gasteiger charge is -2.25. The Bertz CT molecular complexity index is 844. The van der Waals surface area contributed by atoms with Gasteiger partial charge < -0.3 is 4.90 Å². The van der Waals surface area contributed by atoms with Crippen molar-refractivity contribution in [2.45, 2.75) is 30.7 Å². The number of anilines is 1. The molecule has 1 fully saturated rings. The number of amides is 1. The second-order valence-electron chi connectivity index (χ2n) is 6.49. The molecule has 0 heterocycles. The zero-order valence-corrected chi connectivity index (χ0v) is 15.2. The van der Waals surface area contributed by atoms with Crippen molar-refractivity contribution in [3.63, 3.8) is 0 Å². The molecule has 1 N–H and O–H groups in total. The van der Waals surface area contributed by atoms with E-state index >= 15 is 0 Å². The van der Waals surface area contributed by atoms with E-state index in [9.17, 15) is 13.2 Å². The minimum atomic E-state index is -3.62. The number of carbonyl (C=O) groups is 1. The third-order valence-corrected chi connectivity index (χ3v) is 6.07. The normalized spacial score (nSPS) is 15.4. The summed E-state index contributed by atoms with van der Waals surface area (Å²) in [6.07, 6.45) is 2.36. The summed E-state index contributed by atoms with van der Waals surface area (Å²) in [4.78, 5) is 14.5. The van der Waals surface area contributed by atoms with Crippen molar-refractivity contribution in [3.8, 4) is 0 Å². The first-order valence-corrected chi connectivity index (χ1v) is 9.82. The SMILES string of the molecule is C[C@@H](C1CC1)N(C)C(=O)c1ccc(NS(=O)(=O)c2ccccc2)cc1. The van der Waals surface area contributed by atoms with E-state index in [0.717, 1.165) is 0 Å². The van der Waals surface area contributed by atoms with Crippen molar-refractivity contribution >= 4 is 21.6 Å². The van der Waals surface area contributed by atoms with Gasteiger partial charge in [0.25, 0.3) is 15.9 Å². The van der Waals surface area contributed by atoms with Crippen LogP contribution in [0.2, 0.25) is 0 Å². The molecule has 1 aliphatic carbocycles. The van der Waals surface area contributed by atoms with E-state index in [1.807, 2.05) is 7.05 Å². The quantitative estimate of drug-likeness (QED) is 0.861. The molecule has 0 bridgehead atoms. The van der Waals surface area contributed by atoms with Gasteiger partial charge in [0.1, 0.15) is 0 Å². The average molecular weight is 358 g/mol. The Hall–Kier alpha value is -2.34. The summed E-state index contributed by atoms with van der Waals surface area (Å²) in [6.45, 7) is 2.07. The molecule has 132 valence electrons. The Morgan fingerprint density at radius 3 is 2.24 bits per heavy atom. The van der Waals surface area contributed by atoms with Gasteiger partial charge in [0, 0.05) is 24.3 Å². The number of sulfonamides is 1. The second kappa shape index (κ2) is 6.88. The summed E-state index contributed by atoms with van der Waals surface area (Å²) in [5.41, 5.74) is 0.982. The number of nitrogens with zero attached hydrogens (tertiary/aromatic N) is 1. The third-order valence-electron chi connectivity index (χ3n) is 4.67. The summed E-state index contributed by atoms with van der Waals surface area (Å²) in [5.74, 6) is 0.558. The number of carbonyl (C=O) groups excluding carboxylic acids is 1. The molecule has 0 saturated heterocycles. The molecule has 2 aromatic rings. The van der Waals surface area contributed by atoms with E-state index in [2.05, 4.69) is 11.6 Å². The summed E-state index contributed by atoms with van der Waals surface area (Å²) >= 11 is 0. The standard InChI is InChI=1S/C19H22N2O3S/c1-14(15-8-9-15)21(2)19(22)16-10-12-17(13-11-16)20-25(23,24)18-6-4-3-5-7-18/h3-7,10-15,20H,8-9H2,1-2H3/t14-/m0/s1. The van der Waals surface area contributed by atoms with Crippen molar-refractivity contribution in [2.24, 2.45) is 5.92 Å². The predicted octanol–water partition coefficient (Wildman–Crippen LogP) is 3.36. The van der Waals surface area contributed by atoms with Crippen LogP contribution < -0.4 is 4.72 Å². The van der Waals surface area contributed by atoms with Crippen LogP contribution in [0.3, 0.4) is 0 Å². The Morgan fingerprint density at radius 2 is 1.68 bits per heavy atom. The van der Waals surface area contributed by atoms with Crippen molar-refractivity contribution in [3.05, 3.63) is 60.2 Å². The van der Waals surface area contributed by atoms with Crippen molar-refractivity contribution in [2.75, 3.05) is 11.8 Å². The van der Waals surface area contributed by atoms with Crippen molar-refractivity contribution in [1.82, 2.24) is 4.90 Å². The van der Waals surface area contributed by atoms with Crippen molar-refractivity contribution < 1.29 is 13.2 Å². The highest BCUT2D eigenvalue weighted by Crippen LogP contribution is 2.35.